The van der Waals surface area contributed by atoms with Crippen molar-refractivity contribution in [1.82, 2.24) is 29.2 Å². The number of benzene rings is 1. The summed E-state index contributed by atoms with van der Waals surface area (Å²) >= 11 is 5.96. The highest BCUT2D eigenvalue weighted by molar-refractivity contribution is 6.30. The van der Waals surface area contributed by atoms with Crippen molar-refractivity contribution in [3.8, 4) is 0 Å². The first-order valence-corrected chi connectivity index (χ1v) is 10.2. The fourth-order valence-electron chi connectivity index (χ4n) is 3.84. The van der Waals surface area contributed by atoms with E-state index in [1.165, 1.54) is 9.13 Å². The van der Waals surface area contributed by atoms with Gasteiger partial charge in [-0.3, -0.25) is 9.36 Å². The fraction of sp³-hybridized carbons (Fsp3) is 0.350. The van der Waals surface area contributed by atoms with E-state index in [2.05, 4.69) is 20.1 Å². The van der Waals surface area contributed by atoms with Crippen molar-refractivity contribution >= 4 is 28.7 Å². The predicted molar refractivity (Wildman–Crippen MR) is 113 cm³/mol. The van der Waals surface area contributed by atoms with Crippen molar-refractivity contribution in [3.05, 3.63) is 62.7 Å². The molecule has 160 valence electrons. The molecule has 0 amide bonds. The van der Waals surface area contributed by atoms with Gasteiger partial charge in [0.2, 0.25) is 11.8 Å². The van der Waals surface area contributed by atoms with Crippen LogP contribution >= 0.6 is 11.6 Å². The minimum absolute atomic E-state index is 0.00785. The van der Waals surface area contributed by atoms with Gasteiger partial charge in [-0.15, -0.1) is 0 Å². The van der Waals surface area contributed by atoms with Crippen molar-refractivity contribution in [2.45, 2.75) is 31.9 Å². The highest BCUT2D eigenvalue weighted by Gasteiger charge is 2.31. The second-order valence-electron chi connectivity index (χ2n) is 7.60. The van der Waals surface area contributed by atoms with Crippen LogP contribution in [0.2, 0.25) is 5.02 Å². The van der Waals surface area contributed by atoms with E-state index in [9.17, 15) is 4.79 Å². The molecule has 1 aromatic carbocycles. The monoisotopic (exact) mass is 441 g/mol. The quantitative estimate of drug-likeness (QED) is 0.511. The predicted octanol–water partition coefficient (Wildman–Crippen LogP) is 2.35. The number of hydrogen-bond acceptors (Lipinski definition) is 8. The Kier molecular flexibility index (Phi) is 4.75. The van der Waals surface area contributed by atoms with Crippen LogP contribution in [0.3, 0.4) is 0 Å². The number of rotatable bonds is 4. The standard InChI is InChI=1S/C20H20ClN7O3/c1-10-23-18-16(27(2)20(22)25-18)19(29)28(10)8-15-24-17(26-31-15)12-7-14(30-9-12)11-3-5-13(21)6-4-11/h3-6,12,14H,7-9H2,1-2H3,(H2,22,25). The van der Waals surface area contributed by atoms with Crippen LogP contribution in [0, 0.1) is 6.92 Å². The van der Waals surface area contributed by atoms with E-state index >= 15 is 0 Å². The third-order valence-electron chi connectivity index (χ3n) is 5.60. The lowest BCUT2D eigenvalue weighted by atomic mass is 10.0. The Morgan fingerprint density at radius 3 is 2.77 bits per heavy atom. The van der Waals surface area contributed by atoms with Crippen LogP contribution in [0.15, 0.2) is 33.6 Å². The molecule has 0 aliphatic carbocycles. The molecule has 0 spiro atoms. The summed E-state index contributed by atoms with van der Waals surface area (Å²) in [5, 5.41) is 4.81. The number of nitrogens with two attached hydrogens (primary N) is 1. The number of imidazole rings is 1. The molecule has 10 nitrogen and oxygen atoms in total. The molecule has 1 saturated heterocycles. The third kappa shape index (κ3) is 3.47. The van der Waals surface area contributed by atoms with Gasteiger partial charge < -0.3 is 19.6 Å². The second-order valence-corrected chi connectivity index (χ2v) is 8.04. The molecule has 0 bridgehead atoms. The van der Waals surface area contributed by atoms with Gasteiger partial charge in [-0.2, -0.15) is 9.97 Å². The van der Waals surface area contributed by atoms with Crippen molar-refractivity contribution < 1.29 is 9.26 Å². The van der Waals surface area contributed by atoms with Crippen molar-refractivity contribution in [3.63, 3.8) is 0 Å². The summed E-state index contributed by atoms with van der Waals surface area (Å²) in [7, 11) is 1.68. The van der Waals surface area contributed by atoms with Crippen LogP contribution in [-0.4, -0.2) is 35.8 Å². The SMILES string of the molecule is Cc1nc2nc(N)n(C)c2c(=O)n1Cc1nc(C2COC(c3ccc(Cl)cc3)C2)no1. The minimum Gasteiger partial charge on any atom is -0.373 e. The average molecular weight is 442 g/mol. The van der Waals surface area contributed by atoms with Gasteiger partial charge in [-0.05, 0) is 31.0 Å². The van der Waals surface area contributed by atoms with Gasteiger partial charge in [0.1, 0.15) is 12.4 Å². The lowest BCUT2D eigenvalue weighted by Crippen LogP contribution is -2.26. The molecule has 4 aromatic rings. The van der Waals surface area contributed by atoms with E-state index < -0.39 is 0 Å². The highest BCUT2D eigenvalue weighted by Crippen LogP contribution is 2.37. The summed E-state index contributed by atoms with van der Waals surface area (Å²) in [4.78, 5) is 26.0. The molecular formula is C20H20ClN7O3. The van der Waals surface area contributed by atoms with Crippen LogP contribution in [0.25, 0.3) is 11.2 Å². The van der Waals surface area contributed by atoms with Gasteiger partial charge >= 0.3 is 0 Å². The molecule has 11 heteroatoms. The van der Waals surface area contributed by atoms with Crippen molar-refractivity contribution in [1.29, 1.82) is 0 Å². The number of ether oxygens (including phenoxy) is 1. The maximum absolute atomic E-state index is 13.0. The molecule has 1 aliphatic heterocycles. The van der Waals surface area contributed by atoms with E-state index in [1.807, 2.05) is 24.3 Å². The summed E-state index contributed by atoms with van der Waals surface area (Å²) in [6.07, 6.45) is 0.692. The van der Waals surface area contributed by atoms with Crippen LogP contribution in [0.1, 0.15) is 41.5 Å². The molecule has 2 N–H and O–H groups in total. The zero-order chi connectivity index (χ0) is 21.7. The van der Waals surface area contributed by atoms with Gasteiger partial charge in [-0.1, -0.05) is 28.9 Å². The Balaban J connectivity index is 1.37. The van der Waals surface area contributed by atoms with Crippen LogP contribution in [0.5, 0.6) is 0 Å². The molecule has 0 saturated carbocycles. The number of halogens is 1. The van der Waals surface area contributed by atoms with Gasteiger partial charge in [0, 0.05) is 18.0 Å². The van der Waals surface area contributed by atoms with E-state index in [-0.39, 0.29) is 30.1 Å². The zero-order valence-corrected chi connectivity index (χ0v) is 17.7. The van der Waals surface area contributed by atoms with Gasteiger partial charge in [-0.25, -0.2) is 4.98 Å². The summed E-state index contributed by atoms with van der Waals surface area (Å²) in [6, 6.07) is 7.61. The molecule has 0 radical (unpaired) electrons. The maximum Gasteiger partial charge on any atom is 0.280 e. The Labute approximate surface area is 181 Å². The first kappa shape index (κ1) is 19.7. The summed E-state index contributed by atoms with van der Waals surface area (Å²) in [6.45, 7) is 2.33. The molecule has 1 aliphatic rings. The molecule has 2 atom stereocenters. The molecule has 4 heterocycles. The normalized spacial score (nSPS) is 18.8. The lowest BCUT2D eigenvalue weighted by Gasteiger charge is -2.09. The summed E-state index contributed by atoms with van der Waals surface area (Å²) < 4.78 is 14.3. The summed E-state index contributed by atoms with van der Waals surface area (Å²) in [5.41, 5.74) is 7.26. The number of nitrogen functional groups attached to an aromatic ring is 1. The van der Waals surface area contributed by atoms with Gasteiger partial charge in [0.05, 0.1) is 12.7 Å². The number of anilines is 1. The second kappa shape index (κ2) is 7.47. The minimum atomic E-state index is -0.263. The van der Waals surface area contributed by atoms with Crippen LogP contribution in [0.4, 0.5) is 5.95 Å². The Morgan fingerprint density at radius 2 is 2.00 bits per heavy atom. The Morgan fingerprint density at radius 1 is 1.23 bits per heavy atom. The topological polar surface area (TPSA) is 127 Å². The zero-order valence-electron chi connectivity index (χ0n) is 16.9. The number of nitrogens with zero attached hydrogens (tertiary/aromatic N) is 6. The number of aromatic nitrogens is 6. The van der Waals surface area contributed by atoms with E-state index in [0.717, 1.165) is 12.0 Å². The first-order valence-electron chi connectivity index (χ1n) is 9.79. The molecule has 31 heavy (non-hydrogen) atoms. The van der Waals surface area contributed by atoms with Crippen LogP contribution < -0.4 is 11.3 Å². The number of aryl methyl sites for hydroxylation is 2. The third-order valence-corrected chi connectivity index (χ3v) is 5.85. The van der Waals surface area contributed by atoms with Crippen molar-refractivity contribution in [2.24, 2.45) is 7.05 Å². The van der Waals surface area contributed by atoms with Gasteiger partial charge in [0.15, 0.2) is 17.0 Å². The number of fused-ring (bicyclic) bond motifs is 1. The largest absolute Gasteiger partial charge is 0.373 e. The molecule has 5 rings (SSSR count). The number of hydrogen-bond donors (Lipinski definition) is 1. The Bertz CT molecular complexity index is 1330. The first-order chi connectivity index (χ1) is 14.9. The van der Waals surface area contributed by atoms with E-state index in [0.29, 0.717) is 40.3 Å². The Hall–Kier alpha value is -3.24. The lowest BCUT2D eigenvalue weighted by molar-refractivity contribution is 0.110. The van der Waals surface area contributed by atoms with Crippen molar-refractivity contribution in [2.75, 3.05) is 12.3 Å². The molecule has 3 aromatic heterocycles. The van der Waals surface area contributed by atoms with Gasteiger partial charge in [0.25, 0.3) is 5.56 Å². The fourth-order valence-corrected chi connectivity index (χ4v) is 3.97. The molecule has 2 unspecified atom stereocenters. The highest BCUT2D eigenvalue weighted by atomic mass is 35.5. The van der Waals surface area contributed by atoms with Crippen LogP contribution in [-0.2, 0) is 18.3 Å². The maximum atomic E-state index is 13.0. The van der Waals surface area contributed by atoms with E-state index in [4.69, 9.17) is 26.6 Å². The van der Waals surface area contributed by atoms with E-state index in [1.54, 1.807) is 14.0 Å². The summed E-state index contributed by atoms with van der Waals surface area (Å²) in [5.74, 6) is 1.62. The molecular weight excluding hydrogens is 422 g/mol. The molecule has 1 fully saturated rings. The smallest absolute Gasteiger partial charge is 0.280 e. The average Bonchev–Trinajstić information content (AvgIpc) is 3.46.